The van der Waals surface area contributed by atoms with Crippen LogP contribution >= 0.6 is 0 Å². The van der Waals surface area contributed by atoms with Crippen molar-refractivity contribution in [2.75, 3.05) is 44.6 Å². The molecule has 1 aromatic carbocycles. The van der Waals surface area contributed by atoms with Gasteiger partial charge in [-0.25, -0.2) is 0 Å². The van der Waals surface area contributed by atoms with E-state index in [1.165, 1.54) is 0 Å². The summed E-state index contributed by atoms with van der Waals surface area (Å²) in [6.07, 6.45) is 0. The van der Waals surface area contributed by atoms with Crippen LogP contribution < -0.4 is 15.4 Å². The number of ether oxygens (including phenoxy) is 1. The summed E-state index contributed by atoms with van der Waals surface area (Å²) in [5, 5.41) is 5.87. The van der Waals surface area contributed by atoms with Crippen LogP contribution in [0.15, 0.2) is 24.3 Å². The van der Waals surface area contributed by atoms with Crippen molar-refractivity contribution >= 4 is 17.5 Å². The van der Waals surface area contributed by atoms with Crippen LogP contribution in [0.4, 0.5) is 5.69 Å². The van der Waals surface area contributed by atoms with E-state index < -0.39 is 0 Å². The molecule has 2 rings (SSSR count). The number of rotatable bonds is 8. The minimum absolute atomic E-state index is 0.0230. The summed E-state index contributed by atoms with van der Waals surface area (Å²) < 4.78 is 5.41. The zero-order valence-electron chi connectivity index (χ0n) is 16.8. The molecule has 1 heterocycles. The van der Waals surface area contributed by atoms with E-state index in [0.717, 1.165) is 37.6 Å². The van der Waals surface area contributed by atoms with Gasteiger partial charge in [-0.3, -0.25) is 19.4 Å². The third kappa shape index (κ3) is 6.84. The van der Waals surface area contributed by atoms with Gasteiger partial charge in [-0.05, 0) is 52.0 Å². The van der Waals surface area contributed by atoms with E-state index in [-0.39, 0.29) is 23.9 Å². The molecule has 1 aliphatic rings. The Balaban J connectivity index is 1.78. The first kappa shape index (κ1) is 21.2. The Morgan fingerprint density at radius 1 is 1.07 bits per heavy atom. The maximum Gasteiger partial charge on any atom is 0.241 e. The molecular formula is C20H32N4O3. The smallest absolute Gasteiger partial charge is 0.241 e. The summed E-state index contributed by atoms with van der Waals surface area (Å²) in [6.45, 7) is 11.9. The van der Waals surface area contributed by atoms with Gasteiger partial charge in [0.2, 0.25) is 11.8 Å². The van der Waals surface area contributed by atoms with E-state index in [0.29, 0.717) is 13.2 Å². The summed E-state index contributed by atoms with van der Waals surface area (Å²) in [5.74, 6) is 0.825. The molecule has 0 saturated carbocycles. The van der Waals surface area contributed by atoms with Gasteiger partial charge < -0.3 is 15.4 Å². The lowest BCUT2D eigenvalue weighted by atomic mass is 10.2. The molecule has 0 aromatic heterocycles. The Bertz CT molecular complexity index is 610. The average molecular weight is 377 g/mol. The van der Waals surface area contributed by atoms with Gasteiger partial charge in [0.15, 0.2) is 0 Å². The molecular weight excluding hydrogens is 344 g/mol. The number of carbonyl (C=O) groups excluding carboxylic acids is 2. The Labute approximate surface area is 162 Å². The number of carbonyl (C=O) groups is 2. The molecule has 0 aliphatic carbocycles. The van der Waals surface area contributed by atoms with Crippen molar-refractivity contribution in [3.63, 3.8) is 0 Å². The molecule has 1 fully saturated rings. The maximum absolute atomic E-state index is 12.5. The van der Waals surface area contributed by atoms with Crippen molar-refractivity contribution in [1.29, 1.82) is 0 Å². The number of nitrogens with one attached hydrogen (secondary N) is 2. The first-order chi connectivity index (χ1) is 12.9. The molecule has 2 amide bonds. The van der Waals surface area contributed by atoms with Crippen LogP contribution in [0.25, 0.3) is 0 Å². The highest BCUT2D eigenvalue weighted by molar-refractivity contribution is 5.94. The number of hydrogen-bond donors (Lipinski definition) is 2. The zero-order chi connectivity index (χ0) is 19.8. The van der Waals surface area contributed by atoms with E-state index in [4.69, 9.17) is 4.74 Å². The van der Waals surface area contributed by atoms with Crippen LogP contribution in [0, 0.1) is 0 Å². The summed E-state index contributed by atoms with van der Waals surface area (Å²) in [5.41, 5.74) is 0.763. The Morgan fingerprint density at radius 3 is 2.26 bits per heavy atom. The molecule has 7 nitrogen and oxygen atoms in total. The average Bonchev–Trinajstić information content (AvgIpc) is 2.63. The van der Waals surface area contributed by atoms with Crippen molar-refractivity contribution in [2.45, 2.75) is 39.8 Å². The van der Waals surface area contributed by atoms with Crippen LogP contribution in [0.3, 0.4) is 0 Å². The quantitative estimate of drug-likeness (QED) is 0.720. The highest BCUT2D eigenvalue weighted by atomic mass is 16.5. The van der Waals surface area contributed by atoms with Gasteiger partial charge in [-0.2, -0.15) is 0 Å². The molecule has 27 heavy (non-hydrogen) atoms. The second-order valence-electron chi connectivity index (χ2n) is 7.16. The molecule has 7 heteroatoms. The molecule has 150 valence electrons. The fourth-order valence-corrected chi connectivity index (χ4v) is 3.09. The SMILES string of the molecule is CCOc1ccc(NC(=O)C(C)N2CCN(CC(=O)NC(C)C)CC2)cc1. The summed E-state index contributed by atoms with van der Waals surface area (Å²) in [4.78, 5) is 28.7. The molecule has 0 radical (unpaired) electrons. The highest BCUT2D eigenvalue weighted by Crippen LogP contribution is 2.16. The lowest BCUT2D eigenvalue weighted by Gasteiger charge is -2.37. The lowest BCUT2D eigenvalue weighted by Crippen LogP contribution is -2.54. The van der Waals surface area contributed by atoms with Gasteiger partial charge in [0.1, 0.15) is 5.75 Å². The van der Waals surface area contributed by atoms with Crippen molar-refractivity contribution in [1.82, 2.24) is 15.1 Å². The molecule has 1 aromatic rings. The maximum atomic E-state index is 12.5. The second-order valence-corrected chi connectivity index (χ2v) is 7.16. The van der Waals surface area contributed by atoms with E-state index in [9.17, 15) is 9.59 Å². The van der Waals surface area contributed by atoms with Crippen molar-refractivity contribution in [2.24, 2.45) is 0 Å². The first-order valence-corrected chi connectivity index (χ1v) is 9.68. The second kappa shape index (κ2) is 10.3. The van der Waals surface area contributed by atoms with Gasteiger partial charge in [-0.15, -0.1) is 0 Å². The molecule has 0 spiro atoms. The third-order valence-electron chi connectivity index (χ3n) is 4.58. The molecule has 1 atom stereocenters. The van der Waals surface area contributed by atoms with Crippen LogP contribution in [0.5, 0.6) is 5.75 Å². The molecule has 1 aliphatic heterocycles. The van der Waals surface area contributed by atoms with Crippen LogP contribution in [-0.4, -0.2) is 73.0 Å². The van der Waals surface area contributed by atoms with Crippen LogP contribution in [0.1, 0.15) is 27.7 Å². The van der Waals surface area contributed by atoms with Gasteiger partial charge >= 0.3 is 0 Å². The van der Waals surface area contributed by atoms with Gasteiger partial charge in [-0.1, -0.05) is 0 Å². The molecule has 1 saturated heterocycles. The standard InChI is InChI=1S/C20H32N4O3/c1-5-27-18-8-6-17(7-9-18)22-20(26)16(4)24-12-10-23(11-13-24)14-19(25)21-15(2)3/h6-9,15-16H,5,10-14H2,1-4H3,(H,21,25)(H,22,26). The van der Waals surface area contributed by atoms with Gasteiger partial charge in [0.05, 0.1) is 19.2 Å². The minimum atomic E-state index is -0.219. The van der Waals surface area contributed by atoms with E-state index in [1.54, 1.807) is 0 Å². The predicted molar refractivity (Wildman–Crippen MR) is 107 cm³/mol. The summed E-state index contributed by atoms with van der Waals surface area (Å²) >= 11 is 0. The Hall–Kier alpha value is -2.12. The monoisotopic (exact) mass is 376 g/mol. The predicted octanol–water partition coefficient (Wildman–Crippen LogP) is 1.55. The van der Waals surface area contributed by atoms with Crippen molar-refractivity contribution in [3.05, 3.63) is 24.3 Å². The van der Waals surface area contributed by atoms with E-state index in [2.05, 4.69) is 20.4 Å². The summed E-state index contributed by atoms with van der Waals surface area (Å²) in [6, 6.07) is 7.34. The molecule has 1 unspecified atom stereocenters. The summed E-state index contributed by atoms with van der Waals surface area (Å²) in [7, 11) is 0. The zero-order valence-corrected chi connectivity index (χ0v) is 16.8. The van der Waals surface area contributed by atoms with Crippen molar-refractivity contribution < 1.29 is 14.3 Å². The highest BCUT2D eigenvalue weighted by Gasteiger charge is 2.26. The first-order valence-electron chi connectivity index (χ1n) is 9.68. The Kier molecular flexibility index (Phi) is 8.06. The number of benzene rings is 1. The van der Waals surface area contributed by atoms with Crippen molar-refractivity contribution in [3.8, 4) is 5.75 Å². The number of anilines is 1. The number of hydrogen-bond acceptors (Lipinski definition) is 5. The van der Waals surface area contributed by atoms with Crippen LogP contribution in [-0.2, 0) is 9.59 Å². The largest absolute Gasteiger partial charge is 0.494 e. The Morgan fingerprint density at radius 2 is 1.70 bits per heavy atom. The fourth-order valence-electron chi connectivity index (χ4n) is 3.09. The van der Waals surface area contributed by atoms with Crippen LogP contribution in [0.2, 0.25) is 0 Å². The third-order valence-corrected chi connectivity index (χ3v) is 4.58. The topological polar surface area (TPSA) is 73.9 Å². The number of piperazine rings is 1. The number of amides is 2. The molecule has 2 N–H and O–H groups in total. The van der Waals surface area contributed by atoms with E-state index in [1.807, 2.05) is 52.0 Å². The minimum Gasteiger partial charge on any atom is -0.494 e. The van der Waals surface area contributed by atoms with Gasteiger partial charge in [0.25, 0.3) is 0 Å². The number of nitrogens with zero attached hydrogens (tertiary/aromatic N) is 2. The lowest BCUT2D eigenvalue weighted by molar-refractivity contribution is -0.125. The normalized spacial score (nSPS) is 16.8. The van der Waals surface area contributed by atoms with Gasteiger partial charge in [0, 0.05) is 37.9 Å². The molecule has 0 bridgehead atoms. The van der Waals surface area contributed by atoms with E-state index >= 15 is 0 Å². The fraction of sp³-hybridized carbons (Fsp3) is 0.600.